The summed E-state index contributed by atoms with van der Waals surface area (Å²) in [6, 6.07) is 7.95. The minimum atomic E-state index is -4.96. The Morgan fingerprint density at radius 2 is 1.90 bits per heavy atom. The van der Waals surface area contributed by atoms with E-state index in [-0.39, 0.29) is 29.0 Å². The number of hydrogen-bond acceptors (Lipinski definition) is 4. The molecule has 1 heterocycles. The number of alkyl halides is 3. The third-order valence-corrected chi connectivity index (χ3v) is 5.24. The van der Waals surface area contributed by atoms with Gasteiger partial charge in [-0.25, -0.2) is 9.37 Å². The maximum Gasteiger partial charge on any atom is 0.417 e. The van der Waals surface area contributed by atoms with Crippen LogP contribution in [0.5, 0.6) is 5.75 Å². The molecule has 0 amide bonds. The Morgan fingerprint density at radius 1 is 1.21 bits per heavy atom. The number of rotatable bonds is 7. The summed E-state index contributed by atoms with van der Waals surface area (Å²) in [5.41, 5.74) is -4.01. The summed E-state index contributed by atoms with van der Waals surface area (Å²) in [6.45, 7) is 3.20. The summed E-state index contributed by atoms with van der Waals surface area (Å²) < 4.78 is 61.0. The largest absolute Gasteiger partial charge is 0.496 e. The molecule has 2 unspecified atom stereocenters. The van der Waals surface area contributed by atoms with Gasteiger partial charge in [-0.1, -0.05) is 13.8 Å². The summed E-state index contributed by atoms with van der Waals surface area (Å²) in [7, 11) is 1.35. The zero-order valence-corrected chi connectivity index (χ0v) is 16.3. The first-order valence-corrected chi connectivity index (χ1v) is 8.96. The monoisotopic (exact) mass is 410 g/mol. The molecule has 2 atom stereocenters. The first-order valence-electron chi connectivity index (χ1n) is 8.96. The van der Waals surface area contributed by atoms with Crippen LogP contribution in [0.25, 0.3) is 0 Å². The lowest BCUT2D eigenvalue weighted by Crippen LogP contribution is -2.51. The van der Waals surface area contributed by atoms with Crippen LogP contribution >= 0.6 is 0 Å². The van der Waals surface area contributed by atoms with E-state index in [0.29, 0.717) is 0 Å². The minimum absolute atomic E-state index is 0.0444. The van der Waals surface area contributed by atoms with E-state index < -0.39 is 35.9 Å². The Morgan fingerprint density at radius 3 is 2.45 bits per heavy atom. The Bertz CT molecular complexity index is 910. The lowest BCUT2D eigenvalue weighted by molar-refractivity contribution is -0.266. The standard InChI is InChI=1S/C21H22F4N2O2/c1-4-19(2,17-10-15(22)5-6-18(17)29-3)13-20(28,21(23,24)25)11-14-7-8-27-16(9-14)12-26/h5-10,28H,4,11,13H2,1-3H3. The van der Waals surface area contributed by atoms with E-state index in [1.165, 1.54) is 38.4 Å². The SMILES string of the molecule is CCC(C)(CC(O)(Cc1ccnc(C#N)c1)C(F)(F)F)c1cc(F)ccc1OC. The van der Waals surface area contributed by atoms with Gasteiger partial charge in [0.15, 0.2) is 5.60 Å². The van der Waals surface area contributed by atoms with Crippen molar-refractivity contribution in [1.29, 1.82) is 5.26 Å². The highest BCUT2D eigenvalue weighted by molar-refractivity contribution is 5.40. The number of aromatic nitrogens is 1. The van der Waals surface area contributed by atoms with Gasteiger partial charge in [-0.3, -0.25) is 0 Å². The fourth-order valence-electron chi connectivity index (χ4n) is 3.45. The van der Waals surface area contributed by atoms with Gasteiger partial charge >= 0.3 is 6.18 Å². The van der Waals surface area contributed by atoms with E-state index >= 15 is 0 Å². The van der Waals surface area contributed by atoms with Crippen LogP contribution in [0.15, 0.2) is 36.5 Å². The van der Waals surface area contributed by atoms with Crippen LogP contribution in [0.4, 0.5) is 17.6 Å². The highest BCUT2D eigenvalue weighted by Gasteiger charge is 2.56. The van der Waals surface area contributed by atoms with E-state index in [1.807, 2.05) is 0 Å². The van der Waals surface area contributed by atoms with Crippen molar-refractivity contribution in [1.82, 2.24) is 4.98 Å². The van der Waals surface area contributed by atoms with Crippen LogP contribution in [0, 0.1) is 17.1 Å². The predicted molar refractivity (Wildman–Crippen MR) is 98.9 cm³/mol. The molecule has 156 valence electrons. The molecule has 0 aliphatic carbocycles. The topological polar surface area (TPSA) is 66.1 Å². The molecule has 0 saturated carbocycles. The smallest absolute Gasteiger partial charge is 0.417 e. The van der Waals surface area contributed by atoms with Gasteiger partial charge in [-0.2, -0.15) is 18.4 Å². The summed E-state index contributed by atoms with van der Waals surface area (Å²) in [5, 5.41) is 19.7. The van der Waals surface area contributed by atoms with Gasteiger partial charge in [0.2, 0.25) is 0 Å². The number of nitrogens with zero attached hydrogens (tertiary/aromatic N) is 2. The van der Waals surface area contributed by atoms with Crippen molar-refractivity contribution < 1.29 is 27.4 Å². The highest BCUT2D eigenvalue weighted by Crippen LogP contribution is 2.46. The molecule has 0 aliphatic rings. The molecule has 0 saturated heterocycles. The fourth-order valence-corrected chi connectivity index (χ4v) is 3.45. The number of aliphatic hydroxyl groups is 1. The maximum atomic E-state index is 14.0. The average Bonchev–Trinajstić information content (AvgIpc) is 2.67. The zero-order chi connectivity index (χ0) is 21.9. The van der Waals surface area contributed by atoms with Gasteiger partial charge in [0.1, 0.15) is 23.3 Å². The van der Waals surface area contributed by atoms with Gasteiger partial charge in [-0.15, -0.1) is 0 Å². The van der Waals surface area contributed by atoms with E-state index in [4.69, 9.17) is 10.00 Å². The molecule has 0 aliphatic heterocycles. The van der Waals surface area contributed by atoms with Crippen LogP contribution in [0.1, 0.15) is 43.5 Å². The quantitative estimate of drug-likeness (QED) is 0.673. The molecule has 1 N–H and O–H groups in total. The van der Waals surface area contributed by atoms with E-state index in [2.05, 4.69) is 4.98 Å². The summed E-state index contributed by atoms with van der Waals surface area (Å²) in [6.07, 6.45) is -5.02. The molecule has 0 radical (unpaired) electrons. The zero-order valence-electron chi connectivity index (χ0n) is 16.3. The van der Waals surface area contributed by atoms with Crippen molar-refractivity contribution in [3.05, 3.63) is 59.2 Å². The van der Waals surface area contributed by atoms with Crippen molar-refractivity contribution in [2.45, 2.75) is 50.3 Å². The molecule has 0 fully saturated rings. The van der Waals surface area contributed by atoms with Crippen molar-refractivity contribution in [2.75, 3.05) is 7.11 Å². The lowest BCUT2D eigenvalue weighted by atomic mass is 9.70. The summed E-state index contributed by atoms with van der Waals surface area (Å²) in [4.78, 5) is 3.74. The number of benzene rings is 1. The van der Waals surface area contributed by atoms with Crippen LogP contribution in [-0.2, 0) is 11.8 Å². The van der Waals surface area contributed by atoms with Crippen LogP contribution in [0.2, 0.25) is 0 Å². The van der Waals surface area contributed by atoms with Crippen molar-refractivity contribution in [3.8, 4) is 11.8 Å². The molecule has 1 aromatic carbocycles. The molecule has 29 heavy (non-hydrogen) atoms. The van der Waals surface area contributed by atoms with E-state index in [0.717, 1.165) is 12.1 Å². The third kappa shape index (κ3) is 4.85. The summed E-state index contributed by atoms with van der Waals surface area (Å²) in [5.74, 6) is -0.361. The Balaban J connectivity index is 2.52. The first kappa shape index (κ1) is 22.6. The fraction of sp³-hybridized carbons (Fsp3) is 0.429. The molecule has 1 aromatic heterocycles. The molecular formula is C21H22F4N2O2. The van der Waals surface area contributed by atoms with Gasteiger partial charge < -0.3 is 9.84 Å². The Kier molecular flexibility index (Phi) is 6.53. The number of ether oxygens (including phenoxy) is 1. The van der Waals surface area contributed by atoms with Crippen LogP contribution < -0.4 is 4.74 Å². The maximum absolute atomic E-state index is 14.0. The lowest BCUT2D eigenvalue weighted by Gasteiger charge is -2.40. The minimum Gasteiger partial charge on any atom is -0.496 e. The Labute approximate surface area is 166 Å². The second kappa shape index (κ2) is 8.37. The van der Waals surface area contributed by atoms with E-state index in [1.54, 1.807) is 13.0 Å². The van der Waals surface area contributed by atoms with Gasteiger partial charge in [0, 0.05) is 18.2 Å². The van der Waals surface area contributed by atoms with Crippen LogP contribution in [-0.4, -0.2) is 29.0 Å². The van der Waals surface area contributed by atoms with Crippen molar-refractivity contribution in [3.63, 3.8) is 0 Å². The highest BCUT2D eigenvalue weighted by atomic mass is 19.4. The van der Waals surface area contributed by atoms with Crippen molar-refractivity contribution >= 4 is 0 Å². The van der Waals surface area contributed by atoms with Gasteiger partial charge in [-0.05, 0) is 54.2 Å². The molecule has 8 heteroatoms. The van der Waals surface area contributed by atoms with Crippen molar-refractivity contribution in [2.24, 2.45) is 0 Å². The number of pyridine rings is 1. The number of hydrogen-bond donors (Lipinski definition) is 1. The molecule has 4 nitrogen and oxygen atoms in total. The number of methoxy groups -OCH3 is 1. The predicted octanol–water partition coefficient (Wildman–Crippen LogP) is 4.69. The molecular weight excluding hydrogens is 388 g/mol. The molecule has 0 bridgehead atoms. The molecule has 0 spiro atoms. The average molecular weight is 410 g/mol. The second-order valence-electron chi connectivity index (χ2n) is 7.30. The number of nitriles is 1. The van der Waals surface area contributed by atoms with E-state index in [9.17, 15) is 22.7 Å². The second-order valence-corrected chi connectivity index (χ2v) is 7.30. The van der Waals surface area contributed by atoms with Gasteiger partial charge in [0.05, 0.1) is 7.11 Å². The van der Waals surface area contributed by atoms with Crippen LogP contribution in [0.3, 0.4) is 0 Å². The number of halogens is 4. The molecule has 2 rings (SSSR count). The first-order chi connectivity index (χ1) is 13.5. The third-order valence-electron chi connectivity index (χ3n) is 5.24. The molecule has 2 aromatic rings. The Hall–Kier alpha value is -2.66. The summed E-state index contributed by atoms with van der Waals surface area (Å²) >= 11 is 0. The van der Waals surface area contributed by atoms with Gasteiger partial charge in [0.25, 0.3) is 0 Å². The normalized spacial score (nSPS) is 15.8.